The number of nitrogens with zero attached hydrogens (tertiary/aromatic N) is 1. The van der Waals surface area contributed by atoms with Gasteiger partial charge in [-0.1, -0.05) is 23.8 Å². The van der Waals surface area contributed by atoms with Crippen LogP contribution < -0.4 is 0 Å². The van der Waals surface area contributed by atoms with Gasteiger partial charge in [-0.25, -0.2) is 13.4 Å². The molecule has 0 unspecified atom stereocenters. The molecule has 0 N–H and O–H groups in total. The molecule has 0 atom stereocenters. The minimum absolute atomic E-state index is 0.00395. The highest BCUT2D eigenvalue weighted by atomic mass is 32.2. The minimum Gasteiger partial charge on any atom is -0.244 e. The molecule has 0 saturated carbocycles. The van der Waals surface area contributed by atoms with Crippen molar-refractivity contribution in [1.29, 1.82) is 0 Å². The molecule has 1 aromatic heterocycles. The van der Waals surface area contributed by atoms with Gasteiger partial charge in [-0.2, -0.15) is 0 Å². The third kappa shape index (κ3) is 3.07. The zero-order chi connectivity index (χ0) is 14.9. The van der Waals surface area contributed by atoms with Gasteiger partial charge in [0.2, 0.25) is 0 Å². The van der Waals surface area contributed by atoms with E-state index < -0.39 is 9.84 Å². The van der Waals surface area contributed by atoms with Crippen LogP contribution in [0.2, 0.25) is 0 Å². The van der Waals surface area contributed by atoms with Crippen LogP contribution in [0.1, 0.15) is 27.8 Å². The van der Waals surface area contributed by atoms with Crippen LogP contribution in [-0.4, -0.2) is 13.4 Å². The third-order valence-corrected chi connectivity index (χ3v) is 5.07. The lowest BCUT2D eigenvalue weighted by molar-refractivity contribution is 0.591. The summed E-state index contributed by atoms with van der Waals surface area (Å²) in [5, 5.41) is 0.154. The smallest absolute Gasteiger partial charge is 0.199 e. The van der Waals surface area contributed by atoms with Crippen LogP contribution in [0.25, 0.3) is 0 Å². The molecular weight excluding hydrogens is 270 g/mol. The summed E-state index contributed by atoms with van der Waals surface area (Å²) in [5.41, 5.74) is 4.83. The molecule has 0 spiro atoms. The number of aromatic nitrogens is 1. The molecule has 106 valence electrons. The van der Waals surface area contributed by atoms with Gasteiger partial charge in [0.15, 0.2) is 14.9 Å². The van der Waals surface area contributed by atoms with Crippen molar-refractivity contribution in [3.8, 4) is 0 Å². The summed E-state index contributed by atoms with van der Waals surface area (Å²) in [5.74, 6) is -0.00395. The first-order chi connectivity index (χ1) is 9.29. The molecule has 2 rings (SSSR count). The summed E-state index contributed by atoms with van der Waals surface area (Å²) in [6.07, 6.45) is 1.62. The Morgan fingerprint density at radius 3 is 2.30 bits per heavy atom. The second kappa shape index (κ2) is 5.37. The monoisotopic (exact) mass is 289 g/mol. The van der Waals surface area contributed by atoms with Crippen molar-refractivity contribution in [3.63, 3.8) is 0 Å². The molecule has 0 aliphatic carbocycles. The highest BCUT2D eigenvalue weighted by molar-refractivity contribution is 7.90. The Morgan fingerprint density at radius 1 is 0.950 bits per heavy atom. The molecule has 3 nitrogen and oxygen atoms in total. The number of aryl methyl sites for hydroxylation is 4. The number of hydrogen-bond acceptors (Lipinski definition) is 3. The normalized spacial score (nSPS) is 11.6. The van der Waals surface area contributed by atoms with Gasteiger partial charge in [0.25, 0.3) is 0 Å². The fourth-order valence-corrected chi connectivity index (χ4v) is 3.44. The summed E-state index contributed by atoms with van der Waals surface area (Å²) in [7, 11) is -3.40. The van der Waals surface area contributed by atoms with Crippen molar-refractivity contribution in [2.24, 2.45) is 0 Å². The predicted octanol–water partition coefficient (Wildman–Crippen LogP) is 3.29. The molecule has 0 bridgehead atoms. The standard InChI is InChI=1S/C16H19NO2S/c1-11-5-6-12(2)15(7-11)10-20(18,19)16-8-13(3)14(4)9-17-16/h5-9H,10H2,1-4H3. The van der Waals surface area contributed by atoms with E-state index in [4.69, 9.17) is 0 Å². The topological polar surface area (TPSA) is 47.0 Å². The highest BCUT2D eigenvalue weighted by Crippen LogP contribution is 2.20. The SMILES string of the molecule is Cc1ccc(C)c(CS(=O)(=O)c2cc(C)c(C)cn2)c1. The summed E-state index contributed by atoms with van der Waals surface area (Å²) < 4.78 is 24.9. The summed E-state index contributed by atoms with van der Waals surface area (Å²) >= 11 is 0. The fraction of sp³-hybridized carbons (Fsp3) is 0.312. The van der Waals surface area contributed by atoms with Crippen LogP contribution in [0.5, 0.6) is 0 Å². The zero-order valence-corrected chi connectivity index (χ0v) is 13.1. The van der Waals surface area contributed by atoms with Gasteiger partial charge in [-0.05, 0) is 56.0 Å². The molecule has 0 amide bonds. The first kappa shape index (κ1) is 14.7. The van der Waals surface area contributed by atoms with E-state index >= 15 is 0 Å². The molecule has 0 radical (unpaired) electrons. The van der Waals surface area contributed by atoms with E-state index in [1.54, 1.807) is 12.3 Å². The first-order valence-corrected chi connectivity index (χ1v) is 8.17. The lowest BCUT2D eigenvalue weighted by Crippen LogP contribution is -2.09. The molecule has 0 aliphatic rings. The van der Waals surface area contributed by atoms with Crippen molar-refractivity contribution >= 4 is 9.84 Å². The minimum atomic E-state index is -3.40. The van der Waals surface area contributed by atoms with E-state index in [-0.39, 0.29) is 10.8 Å². The maximum atomic E-state index is 12.5. The summed E-state index contributed by atoms with van der Waals surface area (Å²) in [6, 6.07) is 7.51. The molecule has 0 saturated heterocycles. The van der Waals surface area contributed by atoms with Gasteiger partial charge in [-0.15, -0.1) is 0 Å². The quantitative estimate of drug-likeness (QED) is 0.871. The molecule has 0 fully saturated rings. The van der Waals surface area contributed by atoms with Crippen LogP contribution in [0.15, 0.2) is 35.5 Å². The van der Waals surface area contributed by atoms with Crippen LogP contribution >= 0.6 is 0 Å². The van der Waals surface area contributed by atoms with Gasteiger partial charge in [0, 0.05) is 6.20 Å². The van der Waals surface area contributed by atoms with Crippen molar-refractivity contribution in [2.45, 2.75) is 38.5 Å². The second-order valence-corrected chi connectivity index (χ2v) is 7.23. The predicted molar refractivity (Wildman–Crippen MR) is 80.5 cm³/mol. The Bertz CT molecular complexity index is 749. The molecule has 4 heteroatoms. The Morgan fingerprint density at radius 2 is 1.65 bits per heavy atom. The van der Waals surface area contributed by atoms with Crippen molar-refractivity contribution in [3.05, 3.63) is 58.3 Å². The molecule has 20 heavy (non-hydrogen) atoms. The van der Waals surface area contributed by atoms with Gasteiger partial charge >= 0.3 is 0 Å². The maximum Gasteiger partial charge on any atom is 0.199 e. The van der Waals surface area contributed by atoms with Crippen molar-refractivity contribution < 1.29 is 8.42 Å². The summed E-state index contributed by atoms with van der Waals surface area (Å²) in [6.45, 7) is 7.71. The number of rotatable bonds is 3. The average molecular weight is 289 g/mol. The third-order valence-electron chi connectivity index (χ3n) is 3.52. The lowest BCUT2D eigenvalue weighted by atomic mass is 10.1. The maximum absolute atomic E-state index is 12.5. The number of hydrogen-bond donors (Lipinski definition) is 0. The molecular formula is C16H19NO2S. The number of pyridine rings is 1. The number of benzene rings is 1. The highest BCUT2D eigenvalue weighted by Gasteiger charge is 2.18. The largest absolute Gasteiger partial charge is 0.244 e. The first-order valence-electron chi connectivity index (χ1n) is 6.52. The van der Waals surface area contributed by atoms with E-state index in [0.717, 1.165) is 27.8 Å². The Balaban J connectivity index is 2.40. The van der Waals surface area contributed by atoms with Crippen molar-refractivity contribution in [1.82, 2.24) is 4.98 Å². The molecule has 2 aromatic rings. The Kier molecular flexibility index (Phi) is 3.95. The van der Waals surface area contributed by atoms with Crippen LogP contribution in [0.3, 0.4) is 0 Å². The Hall–Kier alpha value is -1.68. The zero-order valence-electron chi connectivity index (χ0n) is 12.3. The van der Waals surface area contributed by atoms with Crippen molar-refractivity contribution in [2.75, 3.05) is 0 Å². The van der Waals surface area contributed by atoms with E-state index in [0.29, 0.717) is 0 Å². The van der Waals surface area contributed by atoms with Crippen LogP contribution in [0.4, 0.5) is 0 Å². The molecule has 1 aromatic carbocycles. The van der Waals surface area contributed by atoms with Gasteiger partial charge in [0.05, 0.1) is 5.75 Å². The van der Waals surface area contributed by atoms with E-state index in [1.807, 2.05) is 45.9 Å². The molecule has 0 aliphatic heterocycles. The Labute approximate surface area is 120 Å². The van der Waals surface area contributed by atoms with E-state index in [2.05, 4.69) is 4.98 Å². The molecule has 1 heterocycles. The number of sulfone groups is 1. The van der Waals surface area contributed by atoms with E-state index in [9.17, 15) is 8.42 Å². The average Bonchev–Trinajstić information content (AvgIpc) is 2.36. The van der Waals surface area contributed by atoms with Crippen LogP contribution in [0, 0.1) is 27.7 Å². The van der Waals surface area contributed by atoms with Gasteiger partial charge < -0.3 is 0 Å². The lowest BCUT2D eigenvalue weighted by Gasteiger charge is -2.09. The summed E-state index contributed by atoms with van der Waals surface area (Å²) in [4.78, 5) is 4.07. The van der Waals surface area contributed by atoms with Crippen LogP contribution in [-0.2, 0) is 15.6 Å². The van der Waals surface area contributed by atoms with Gasteiger partial charge in [-0.3, -0.25) is 0 Å². The van der Waals surface area contributed by atoms with E-state index in [1.165, 1.54) is 0 Å². The fourth-order valence-electron chi connectivity index (χ4n) is 2.00. The van der Waals surface area contributed by atoms with Gasteiger partial charge in [0.1, 0.15) is 0 Å². The second-order valence-electron chi connectivity index (χ2n) is 5.30.